The standard InChI is InChI=1S/C13H19N3O2/c1-9-7-11-10(8-15(9)13(17)18)12-5-3-2-4-6-16(12)14-11/h9H,2-8H2,1H3,(H,17,18). The van der Waals surface area contributed by atoms with E-state index in [1.807, 2.05) is 6.92 Å². The zero-order chi connectivity index (χ0) is 12.7. The molecule has 1 unspecified atom stereocenters. The van der Waals surface area contributed by atoms with Crippen LogP contribution in [-0.2, 0) is 25.9 Å². The minimum Gasteiger partial charge on any atom is -0.465 e. The average Bonchev–Trinajstić information content (AvgIpc) is 2.50. The van der Waals surface area contributed by atoms with Crippen LogP contribution < -0.4 is 0 Å². The van der Waals surface area contributed by atoms with Gasteiger partial charge in [0.15, 0.2) is 0 Å². The lowest BCUT2D eigenvalue weighted by Gasteiger charge is -2.30. The second-order valence-corrected chi connectivity index (χ2v) is 5.37. The number of nitrogens with zero attached hydrogens (tertiary/aromatic N) is 3. The number of rotatable bonds is 0. The van der Waals surface area contributed by atoms with Crippen LogP contribution in [0.3, 0.4) is 0 Å². The fraction of sp³-hybridized carbons (Fsp3) is 0.692. The summed E-state index contributed by atoms with van der Waals surface area (Å²) in [6.07, 6.45) is 4.61. The number of amides is 1. The molecule has 0 radical (unpaired) electrons. The number of hydrogen-bond donors (Lipinski definition) is 1. The molecule has 0 aliphatic carbocycles. The molecular weight excluding hydrogens is 230 g/mol. The van der Waals surface area contributed by atoms with Gasteiger partial charge < -0.3 is 10.0 Å². The smallest absolute Gasteiger partial charge is 0.407 e. The van der Waals surface area contributed by atoms with E-state index >= 15 is 0 Å². The maximum Gasteiger partial charge on any atom is 0.407 e. The highest BCUT2D eigenvalue weighted by Gasteiger charge is 2.31. The first-order valence-electron chi connectivity index (χ1n) is 6.74. The first-order valence-corrected chi connectivity index (χ1v) is 6.74. The highest BCUT2D eigenvalue weighted by Crippen LogP contribution is 2.28. The van der Waals surface area contributed by atoms with Crippen LogP contribution in [-0.4, -0.2) is 31.9 Å². The molecular formula is C13H19N3O2. The predicted octanol–water partition coefficient (Wildman–Crippen LogP) is 2.03. The van der Waals surface area contributed by atoms with Crippen LogP contribution in [0.2, 0.25) is 0 Å². The van der Waals surface area contributed by atoms with Crippen LogP contribution in [0, 0.1) is 0 Å². The van der Waals surface area contributed by atoms with E-state index in [4.69, 9.17) is 5.10 Å². The van der Waals surface area contributed by atoms with Crippen LogP contribution in [0.25, 0.3) is 0 Å². The molecule has 0 saturated heterocycles. The molecule has 2 aliphatic heterocycles. The van der Waals surface area contributed by atoms with Gasteiger partial charge >= 0.3 is 6.09 Å². The summed E-state index contributed by atoms with van der Waals surface area (Å²) in [5.74, 6) is 0. The largest absolute Gasteiger partial charge is 0.465 e. The third kappa shape index (κ3) is 1.78. The molecule has 18 heavy (non-hydrogen) atoms. The minimum absolute atomic E-state index is 0.0362. The molecule has 1 N–H and O–H groups in total. The Morgan fingerprint density at radius 2 is 2.22 bits per heavy atom. The Bertz CT molecular complexity index is 481. The molecule has 2 aliphatic rings. The predicted molar refractivity (Wildman–Crippen MR) is 66.5 cm³/mol. The molecule has 1 aromatic rings. The molecule has 0 fully saturated rings. The lowest BCUT2D eigenvalue weighted by Crippen LogP contribution is -2.41. The van der Waals surface area contributed by atoms with Gasteiger partial charge in [-0.25, -0.2) is 4.79 Å². The molecule has 0 bridgehead atoms. The number of hydrogen-bond acceptors (Lipinski definition) is 2. The molecule has 5 nitrogen and oxygen atoms in total. The first-order chi connectivity index (χ1) is 8.66. The Morgan fingerprint density at radius 3 is 3.00 bits per heavy atom. The van der Waals surface area contributed by atoms with Gasteiger partial charge in [0.25, 0.3) is 0 Å². The molecule has 0 spiro atoms. The van der Waals surface area contributed by atoms with Crippen molar-refractivity contribution in [2.24, 2.45) is 0 Å². The van der Waals surface area contributed by atoms with Gasteiger partial charge in [0, 0.05) is 30.3 Å². The van der Waals surface area contributed by atoms with Crippen molar-refractivity contribution in [1.82, 2.24) is 14.7 Å². The van der Waals surface area contributed by atoms with E-state index < -0.39 is 6.09 Å². The summed E-state index contributed by atoms with van der Waals surface area (Å²) in [5, 5.41) is 13.9. The van der Waals surface area contributed by atoms with Gasteiger partial charge in [0.2, 0.25) is 0 Å². The SMILES string of the molecule is CC1Cc2nn3c(c2CN1C(=O)O)CCCCC3. The van der Waals surface area contributed by atoms with E-state index in [0.717, 1.165) is 25.1 Å². The molecule has 1 atom stereocenters. The summed E-state index contributed by atoms with van der Waals surface area (Å²) in [7, 11) is 0. The van der Waals surface area contributed by atoms with Gasteiger partial charge in [0.1, 0.15) is 0 Å². The van der Waals surface area contributed by atoms with Gasteiger partial charge in [-0.15, -0.1) is 0 Å². The molecule has 0 saturated carbocycles. The van der Waals surface area contributed by atoms with Crippen LogP contribution in [0.5, 0.6) is 0 Å². The first kappa shape index (κ1) is 11.6. The van der Waals surface area contributed by atoms with E-state index in [-0.39, 0.29) is 6.04 Å². The van der Waals surface area contributed by atoms with Crippen molar-refractivity contribution < 1.29 is 9.90 Å². The quantitative estimate of drug-likeness (QED) is 0.765. The fourth-order valence-electron chi connectivity index (χ4n) is 3.10. The molecule has 98 valence electrons. The van der Waals surface area contributed by atoms with E-state index in [2.05, 4.69) is 4.68 Å². The summed E-state index contributed by atoms with van der Waals surface area (Å²) in [4.78, 5) is 12.8. The van der Waals surface area contributed by atoms with E-state index in [1.165, 1.54) is 35.4 Å². The number of carboxylic acid groups (broad SMARTS) is 1. The average molecular weight is 249 g/mol. The number of aryl methyl sites for hydroxylation is 1. The lowest BCUT2D eigenvalue weighted by atomic mass is 9.98. The minimum atomic E-state index is -0.818. The van der Waals surface area contributed by atoms with Gasteiger partial charge in [-0.3, -0.25) is 4.68 Å². The normalized spacial score (nSPS) is 23.2. The summed E-state index contributed by atoms with van der Waals surface area (Å²) in [6, 6.07) is 0.0362. The maximum absolute atomic E-state index is 11.2. The van der Waals surface area contributed by atoms with E-state index in [1.54, 1.807) is 0 Å². The summed E-state index contributed by atoms with van der Waals surface area (Å²) in [5.41, 5.74) is 3.58. The second kappa shape index (κ2) is 4.30. The topological polar surface area (TPSA) is 58.4 Å². The van der Waals surface area contributed by atoms with E-state index in [0.29, 0.717) is 6.54 Å². The molecule has 3 heterocycles. The monoisotopic (exact) mass is 249 g/mol. The summed E-state index contributed by atoms with van der Waals surface area (Å²) >= 11 is 0. The Hall–Kier alpha value is -1.52. The molecule has 1 aromatic heterocycles. The molecule has 3 rings (SSSR count). The number of fused-ring (bicyclic) bond motifs is 3. The fourth-order valence-corrected chi connectivity index (χ4v) is 3.10. The van der Waals surface area contributed by atoms with Crippen molar-refractivity contribution >= 4 is 6.09 Å². The molecule has 0 aromatic carbocycles. The number of aromatic nitrogens is 2. The maximum atomic E-state index is 11.2. The number of carbonyl (C=O) groups is 1. The van der Waals surface area contributed by atoms with Gasteiger partial charge in [-0.1, -0.05) is 6.42 Å². The van der Waals surface area contributed by atoms with Gasteiger partial charge in [0.05, 0.1) is 12.2 Å². The summed E-state index contributed by atoms with van der Waals surface area (Å²) in [6.45, 7) is 3.46. The van der Waals surface area contributed by atoms with Crippen molar-refractivity contribution in [2.45, 2.75) is 58.2 Å². The van der Waals surface area contributed by atoms with Crippen molar-refractivity contribution in [3.63, 3.8) is 0 Å². The highest BCUT2D eigenvalue weighted by atomic mass is 16.4. The molecule has 1 amide bonds. The Labute approximate surface area is 106 Å². The second-order valence-electron chi connectivity index (χ2n) is 5.37. The summed E-state index contributed by atoms with van der Waals surface area (Å²) < 4.78 is 2.12. The van der Waals surface area contributed by atoms with Crippen LogP contribution in [0.15, 0.2) is 0 Å². The Morgan fingerprint density at radius 1 is 1.39 bits per heavy atom. The molecule has 5 heteroatoms. The van der Waals surface area contributed by atoms with Crippen LogP contribution in [0.4, 0.5) is 4.79 Å². The van der Waals surface area contributed by atoms with Crippen LogP contribution in [0.1, 0.15) is 43.1 Å². The lowest BCUT2D eigenvalue weighted by molar-refractivity contribution is 0.119. The Kier molecular flexibility index (Phi) is 2.76. The van der Waals surface area contributed by atoms with Gasteiger partial charge in [-0.05, 0) is 26.2 Å². The Balaban J connectivity index is 1.98. The zero-order valence-corrected chi connectivity index (χ0v) is 10.7. The zero-order valence-electron chi connectivity index (χ0n) is 10.7. The van der Waals surface area contributed by atoms with Crippen molar-refractivity contribution in [2.75, 3.05) is 0 Å². The van der Waals surface area contributed by atoms with Crippen molar-refractivity contribution in [3.8, 4) is 0 Å². The van der Waals surface area contributed by atoms with Crippen LogP contribution >= 0.6 is 0 Å². The van der Waals surface area contributed by atoms with Crippen molar-refractivity contribution in [3.05, 3.63) is 17.0 Å². The van der Waals surface area contributed by atoms with Crippen molar-refractivity contribution in [1.29, 1.82) is 0 Å². The van der Waals surface area contributed by atoms with E-state index in [9.17, 15) is 9.90 Å². The van der Waals surface area contributed by atoms with Gasteiger partial charge in [-0.2, -0.15) is 5.10 Å². The third-order valence-corrected chi connectivity index (χ3v) is 4.13. The highest BCUT2D eigenvalue weighted by molar-refractivity contribution is 5.66. The third-order valence-electron chi connectivity index (χ3n) is 4.13.